The highest BCUT2D eigenvalue weighted by Crippen LogP contribution is 2.23. The standard InChI is InChI=1S/C17H16BrN3OS/c1-2-14-15(23-17(20-14)21-8-3-4-9-21)16(22)19-11-12-6-5-7-13(18)10-12/h3-10H,2,11H2,1H3,(H,19,22). The third-order valence-electron chi connectivity index (χ3n) is 3.39. The van der Waals surface area contributed by atoms with Gasteiger partial charge in [-0.1, -0.05) is 46.3 Å². The molecule has 0 aliphatic heterocycles. The average Bonchev–Trinajstić information content (AvgIpc) is 3.21. The fourth-order valence-electron chi connectivity index (χ4n) is 2.24. The number of rotatable bonds is 5. The molecule has 0 atom stereocenters. The molecule has 3 rings (SSSR count). The van der Waals surface area contributed by atoms with Crippen LogP contribution in [0.4, 0.5) is 0 Å². The van der Waals surface area contributed by atoms with E-state index < -0.39 is 0 Å². The van der Waals surface area contributed by atoms with Crippen molar-refractivity contribution in [1.29, 1.82) is 0 Å². The molecule has 2 heterocycles. The van der Waals surface area contributed by atoms with Crippen LogP contribution in [0.15, 0.2) is 53.3 Å². The summed E-state index contributed by atoms with van der Waals surface area (Å²) < 4.78 is 2.93. The second kappa shape index (κ2) is 7.10. The summed E-state index contributed by atoms with van der Waals surface area (Å²) in [4.78, 5) is 17.8. The van der Waals surface area contributed by atoms with Gasteiger partial charge < -0.3 is 9.88 Å². The first-order valence-corrected chi connectivity index (χ1v) is 8.94. The van der Waals surface area contributed by atoms with Crippen LogP contribution in [-0.2, 0) is 13.0 Å². The van der Waals surface area contributed by atoms with Gasteiger partial charge in [0.25, 0.3) is 5.91 Å². The Balaban J connectivity index is 1.76. The van der Waals surface area contributed by atoms with Gasteiger partial charge in [-0.25, -0.2) is 4.98 Å². The van der Waals surface area contributed by atoms with Crippen molar-refractivity contribution in [2.75, 3.05) is 0 Å². The fraction of sp³-hybridized carbons (Fsp3) is 0.176. The number of nitrogens with one attached hydrogen (secondary N) is 1. The molecule has 3 aromatic rings. The van der Waals surface area contributed by atoms with E-state index in [1.54, 1.807) is 0 Å². The third kappa shape index (κ3) is 3.71. The minimum absolute atomic E-state index is 0.0715. The molecule has 0 aliphatic carbocycles. The molecule has 23 heavy (non-hydrogen) atoms. The van der Waals surface area contributed by atoms with Gasteiger partial charge in [0.05, 0.1) is 5.69 Å². The molecule has 1 N–H and O–H groups in total. The summed E-state index contributed by atoms with van der Waals surface area (Å²) in [5.74, 6) is -0.0715. The lowest BCUT2D eigenvalue weighted by Gasteiger charge is -2.05. The second-order valence-electron chi connectivity index (χ2n) is 5.03. The Hall–Kier alpha value is -1.92. The highest BCUT2D eigenvalue weighted by atomic mass is 79.9. The number of hydrogen-bond acceptors (Lipinski definition) is 3. The Morgan fingerprint density at radius 1 is 1.30 bits per heavy atom. The van der Waals surface area contributed by atoms with Gasteiger partial charge >= 0.3 is 0 Å². The van der Waals surface area contributed by atoms with E-state index >= 15 is 0 Å². The predicted molar refractivity (Wildman–Crippen MR) is 96.1 cm³/mol. The Morgan fingerprint density at radius 3 is 2.78 bits per heavy atom. The Kier molecular flexibility index (Phi) is 4.93. The van der Waals surface area contributed by atoms with Crippen LogP contribution in [0.2, 0.25) is 0 Å². The van der Waals surface area contributed by atoms with Gasteiger partial charge in [-0.2, -0.15) is 0 Å². The third-order valence-corrected chi connectivity index (χ3v) is 5.00. The zero-order valence-electron chi connectivity index (χ0n) is 12.6. The Bertz CT molecular complexity index is 811. The molecule has 0 radical (unpaired) electrons. The number of thiazole rings is 1. The van der Waals surface area contributed by atoms with Crippen LogP contribution < -0.4 is 5.32 Å². The average molecular weight is 390 g/mol. The van der Waals surface area contributed by atoms with E-state index in [0.29, 0.717) is 11.4 Å². The van der Waals surface area contributed by atoms with E-state index in [1.807, 2.05) is 60.3 Å². The van der Waals surface area contributed by atoms with E-state index in [1.165, 1.54) is 11.3 Å². The summed E-state index contributed by atoms with van der Waals surface area (Å²) in [6.07, 6.45) is 4.60. The number of benzene rings is 1. The first kappa shape index (κ1) is 16.0. The first-order chi connectivity index (χ1) is 11.2. The number of nitrogens with zero attached hydrogens (tertiary/aromatic N) is 2. The number of aromatic nitrogens is 2. The molecular weight excluding hydrogens is 374 g/mol. The number of carbonyl (C=O) groups excluding carboxylic acids is 1. The Morgan fingerprint density at radius 2 is 2.09 bits per heavy atom. The van der Waals surface area contributed by atoms with Crippen molar-refractivity contribution >= 4 is 33.2 Å². The maximum absolute atomic E-state index is 12.5. The molecule has 6 heteroatoms. The molecule has 0 spiro atoms. The van der Waals surface area contributed by atoms with Crippen molar-refractivity contribution in [3.05, 3.63) is 69.4 Å². The lowest BCUT2D eigenvalue weighted by molar-refractivity contribution is 0.0954. The molecule has 1 amide bonds. The normalized spacial score (nSPS) is 10.7. The number of aryl methyl sites for hydroxylation is 1. The lowest BCUT2D eigenvalue weighted by atomic mass is 10.2. The number of hydrogen-bond donors (Lipinski definition) is 1. The maximum Gasteiger partial charge on any atom is 0.263 e. The molecule has 2 aromatic heterocycles. The zero-order chi connectivity index (χ0) is 16.2. The largest absolute Gasteiger partial charge is 0.347 e. The quantitative estimate of drug-likeness (QED) is 0.710. The van der Waals surface area contributed by atoms with Crippen molar-refractivity contribution < 1.29 is 4.79 Å². The minimum atomic E-state index is -0.0715. The SMILES string of the molecule is CCc1nc(-n2cccc2)sc1C(=O)NCc1cccc(Br)c1. The van der Waals surface area contributed by atoms with E-state index in [-0.39, 0.29) is 5.91 Å². The topological polar surface area (TPSA) is 46.9 Å². The van der Waals surface area contributed by atoms with Crippen LogP contribution in [0.3, 0.4) is 0 Å². The summed E-state index contributed by atoms with van der Waals surface area (Å²) in [6, 6.07) is 11.8. The molecule has 4 nitrogen and oxygen atoms in total. The van der Waals surface area contributed by atoms with Crippen LogP contribution >= 0.6 is 27.3 Å². The molecule has 0 saturated carbocycles. The van der Waals surface area contributed by atoms with Gasteiger partial charge in [-0.15, -0.1) is 0 Å². The van der Waals surface area contributed by atoms with Gasteiger partial charge in [0.1, 0.15) is 4.88 Å². The molecule has 1 aromatic carbocycles. The van der Waals surface area contributed by atoms with Crippen molar-refractivity contribution in [2.24, 2.45) is 0 Å². The van der Waals surface area contributed by atoms with E-state index in [4.69, 9.17) is 0 Å². The van der Waals surface area contributed by atoms with Crippen LogP contribution in [0.5, 0.6) is 0 Å². The van der Waals surface area contributed by atoms with E-state index in [9.17, 15) is 4.79 Å². The fourth-order valence-corrected chi connectivity index (χ4v) is 3.72. The van der Waals surface area contributed by atoms with E-state index in [0.717, 1.165) is 27.3 Å². The summed E-state index contributed by atoms with van der Waals surface area (Å²) in [5.41, 5.74) is 1.89. The maximum atomic E-state index is 12.5. The van der Waals surface area contributed by atoms with Crippen LogP contribution in [0.25, 0.3) is 5.13 Å². The summed E-state index contributed by atoms with van der Waals surface area (Å²) in [5, 5.41) is 3.80. The van der Waals surface area contributed by atoms with Gasteiger partial charge in [-0.05, 0) is 36.2 Å². The van der Waals surface area contributed by atoms with Crippen molar-refractivity contribution in [2.45, 2.75) is 19.9 Å². The second-order valence-corrected chi connectivity index (χ2v) is 6.92. The number of carbonyl (C=O) groups is 1. The summed E-state index contributed by atoms with van der Waals surface area (Å²) in [6.45, 7) is 2.51. The van der Waals surface area contributed by atoms with Gasteiger partial charge in [0, 0.05) is 23.4 Å². The van der Waals surface area contributed by atoms with E-state index in [2.05, 4.69) is 26.2 Å². The lowest BCUT2D eigenvalue weighted by Crippen LogP contribution is -2.22. The van der Waals surface area contributed by atoms with Crippen molar-refractivity contribution in [3.8, 4) is 5.13 Å². The zero-order valence-corrected chi connectivity index (χ0v) is 15.0. The van der Waals surface area contributed by atoms with Crippen LogP contribution in [-0.4, -0.2) is 15.5 Å². The smallest absolute Gasteiger partial charge is 0.263 e. The molecule has 118 valence electrons. The minimum Gasteiger partial charge on any atom is -0.347 e. The highest BCUT2D eigenvalue weighted by Gasteiger charge is 2.17. The molecule has 0 saturated heterocycles. The Labute approximate surface area is 147 Å². The van der Waals surface area contributed by atoms with Gasteiger partial charge in [0.15, 0.2) is 5.13 Å². The molecular formula is C17H16BrN3OS. The molecule has 0 unspecified atom stereocenters. The predicted octanol–water partition coefficient (Wildman–Crippen LogP) is 4.19. The molecule has 0 fully saturated rings. The summed E-state index contributed by atoms with van der Waals surface area (Å²) in [7, 11) is 0. The van der Waals surface area contributed by atoms with Crippen molar-refractivity contribution in [3.63, 3.8) is 0 Å². The molecule has 0 aliphatic rings. The highest BCUT2D eigenvalue weighted by molar-refractivity contribution is 9.10. The first-order valence-electron chi connectivity index (χ1n) is 7.33. The monoisotopic (exact) mass is 389 g/mol. The number of halogens is 1. The molecule has 0 bridgehead atoms. The van der Waals surface area contributed by atoms with Crippen LogP contribution in [0.1, 0.15) is 27.9 Å². The summed E-state index contributed by atoms with van der Waals surface area (Å²) >= 11 is 4.86. The number of amides is 1. The van der Waals surface area contributed by atoms with Gasteiger partial charge in [0.2, 0.25) is 0 Å². The van der Waals surface area contributed by atoms with Gasteiger partial charge in [-0.3, -0.25) is 4.79 Å². The van der Waals surface area contributed by atoms with Crippen molar-refractivity contribution in [1.82, 2.24) is 14.9 Å². The van der Waals surface area contributed by atoms with Crippen LogP contribution in [0, 0.1) is 0 Å².